The summed E-state index contributed by atoms with van der Waals surface area (Å²) in [5, 5.41) is 11.1. The van der Waals surface area contributed by atoms with Gasteiger partial charge in [0.2, 0.25) is 11.1 Å². The molecule has 1 aromatic heterocycles. The third-order valence-electron chi connectivity index (χ3n) is 5.32. The number of nitrogens with two attached hydrogens (primary N) is 1. The number of carbonyl (C=O) groups is 1. The number of amides is 1. The van der Waals surface area contributed by atoms with Crippen molar-refractivity contribution >= 4 is 28.4 Å². The Labute approximate surface area is 180 Å². The number of nitrogens with zero attached hydrogens (tertiary/aromatic N) is 4. The van der Waals surface area contributed by atoms with Crippen LogP contribution in [0.1, 0.15) is 32.2 Å². The molecule has 0 saturated carbocycles. The first-order chi connectivity index (χ1) is 14.4. The van der Waals surface area contributed by atoms with Crippen LogP contribution in [0, 0.1) is 0 Å². The molecule has 0 bridgehead atoms. The van der Waals surface area contributed by atoms with E-state index >= 15 is 0 Å². The average molecular weight is 426 g/mol. The van der Waals surface area contributed by atoms with Crippen molar-refractivity contribution < 1.29 is 9.53 Å². The molecular formula is C22H27N5O2S. The fourth-order valence-corrected chi connectivity index (χ4v) is 4.82. The Morgan fingerprint density at radius 2 is 1.87 bits per heavy atom. The average Bonchev–Trinajstić information content (AvgIpc) is 3.06. The second-order valence-corrected chi connectivity index (χ2v) is 9.15. The number of hydrogen-bond acceptors (Lipinski definition) is 6. The monoisotopic (exact) mass is 425 g/mol. The molecule has 1 aliphatic heterocycles. The van der Waals surface area contributed by atoms with E-state index < -0.39 is 0 Å². The first-order valence-corrected chi connectivity index (χ1v) is 11.1. The number of benzene rings is 2. The standard InChI is InChI=1S/C22H27N5O2S/c1-14-12-26(13-15(2)29-14)21(28)16(3)30-22-25-24-20(27(22)23)11-18-9-6-8-17-7-4-5-10-19(17)18/h4-10,14-16H,11-13,23H2,1-3H3/t14-,15+,16-/m0/s1. The maximum atomic E-state index is 12.9. The summed E-state index contributed by atoms with van der Waals surface area (Å²) in [5.74, 6) is 7.03. The van der Waals surface area contributed by atoms with Crippen LogP contribution in [0.15, 0.2) is 47.6 Å². The molecule has 0 radical (unpaired) electrons. The Balaban J connectivity index is 1.47. The lowest BCUT2D eigenvalue weighted by molar-refractivity contribution is -0.142. The topological polar surface area (TPSA) is 86.3 Å². The van der Waals surface area contributed by atoms with Crippen molar-refractivity contribution in [2.24, 2.45) is 0 Å². The Morgan fingerprint density at radius 1 is 1.17 bits per heavy atom. The predicted molar refractivity (Wildman–Crippen MR) is 119 cm³/mol. The summed E-state index contributed by atoms with van der Waals surface area (Å²) in [6.07, 6.45) is 0.660. The van der Waals surface area contributed by atoms with Crippen LogP contribution in [0.25, 0.3) is 10.8 Å². The van der Waals surface area contributed by atoms with Gasteiger partial charge in [-0.05, 0) is 37.1 Å². The van der Waals surface area contributed by atoms with Crippen molar-refractivity contribution in [2.45, 2.75) is 49.8 Å². The molecule has 1 amide bonds. The van der Waals surface area contributed by atoms with Crippen molar-refractivity contribution in [3.63, 3.8) is 0 Å². The van der Waals surface area contributed by atoms with Crippen molar-refractivity contribution in [2.75, 3.05) is 18.9 Å². The summed E-state index contributed by atoms with van der Waals surface area (Å²) >= 11 is 1.34. The highest BCUT2D eigenvalue weighted by Crippen LogP contribution is 2.25. The van der Waals surface area contributed by atoms with Crippen LogP contribution in [0.5, 0.6) is 0 Å². The minimum atomic E-state index is -0.306. The summed E-state index contributed by atoms with van der Waals surface area (Å²) in [6.45, 7) is 7.08. The van der Waals surface area contributed by atoms with Gasteiger partial charge in [-0.15, -0.1) is 10.2 Å². The quantitative estimate of drug-likeness (QED) is 0.500. The SMILES string of the molecule is C[C@@H]1CN(C(=O)[C@H](C)Sc2nnc(Cc3cccc4ccccc34)n2N)C[C@H](C)O1. The Hall–Kier alpha value is -2.58. The number of morpholine rings is 1. The molecule has 0 unspecified atom stereocenters. The minimum absolute atomic E-state index is 0.0420. The van der Waals surface area contributed by atoms with Crippen LogP contribution >= 0.6 is 11.8 Å². The summed E-state index contributed by atoms with van der Waals surface area (Å²) in [7, 11) is 0. The zero-order chi connectivity index (χ0) is 21.3. The molecule has 0 spiro atoms. The fraction of sp³-hybridized carbons (Fsp3) is 0.409. The Bertz CT molecular complexity index is 1040. The Morgan fingerprint density at radius 3 is 2.63 bits per heavy atom. The van der Waals surface area contributed by atoms with Gasteiger partial charge in [0.25, 0.3) is 0 Å². The predicted octanol–water partition coefficient (Wildman–Crippen LogP) is 2.85. The molecule has 4 rings (SSSR count). The largest absolute Gasteiger partial charge is 0.372 e. The maximum absolute atomic E-state index is 12.9. The lowest BCUT2D eigenvalue weighted by Gasteiger charge is -2.36. The minimum Gasteiger partial charge on any atom is -0.372 e. The van der Waals surface area contributed by atoms with Gasteiger partial charge in [0.05, 0.1) is 17.5 Å². The van der Waals surface area contributed by atoms with Gasteiger partial charge < -0.3 is 15.5 Å². The fourth-order valence-electron chi connectivity index (χ4n) is 3.95. The first-order valence-electron chi connectivity index (χ1n) is 10.2. The third kappa shape index (κ3) is 4.29. The number of ether oxygens (including phenoxy) is 1. The van der Waals surface area contributed by atoms with Crippen LogP contribution in [-0.2, 0) is 16.0 Å². The van der Waals surface area contributed by atoms with Crippen molar-refractivity contribution in [3.8, 4) is 0 Å². The Kier molecular flexibility index (Phi) is 5.97. The van der Waals surface area contributed by atoms with E-state index in [4.69, 9.17) is 10.6 Å². The highest BCUT2D eigenvalue weighted by molar-refractivity contribution is 8.00. The normalized spacial score (nSPS) is 20.4. The third-order valence-corrected chi connectivity index (χ3v) is 6.37. The van der Waals surface area contributed by atoms with E-state index in [0.29, 0.717) is 30.5 Å². The van der Waals surface area contributed by atoms with Gasteiger partial charge in [0.1, 0.15) is 0 Å². The van der Waals surface area contributed by atoms with E-state index in [1.54, 1.807) is 0 Å². The molecule has 1 saturated heterocycles. The zero-order valence-electron chi connectivity index (χ0n) is 17.5. The summed E-state index contributed by atoms with van der Waals surface area (Å²) < 4.78 is 7.23. The van der Waals surface area contributed by atoms with E-state index in [1.165, 1.54) is 27.2 Å². The first kappa shape index (κ1) is 20.7. The van der Waals surface area contributed by atoms with Crippen molar-refractivity contribution in [1.29, 1.82) is 0 Å². The van der Waals surface area contributed by atoms with Gasteiger partial charge in [0, 0.05) is 19.5 Å². The molecule has 3 atom stereocenters. The van der Waals surface area contributed by atoms with Gasteiger partial charge in [-0.1, -0.05) is 54.2 Å². The molecule has 3 aromatic rings. The molecule has 1 fully saturated rings. The number of rotatable bonds is 5. The summed E-state index contributed by atoms with van der Waals surface area (Å²) in [6, 6.07) is 14.5. The van der Waals surface area contributed by atoms with Crippen LogP contribution in [0.3, 0.4) is 0 Å². The number of carbonyl (C=O) groups excluding carboxylic acids is 1. The van der Waals surface area contributed by atoms with Crippen LogP contribution < -0.4 is 5.84 Å². The number of fused-ring (bicyclic) bond motifs is 1. The number of nitrogen functional groups attached to an aromatic ring is 1. The van der Waals surface area contributed by atoms with Crippen molar-refractivity contribution in [1.82, 2.24) is 19.8 Å². The van der Waals surface area contributed by atoms with E-state index in [-0.39, 0.29) is 23.4 Å². The molecule has 2 heterocycles. The molecule has 7 nitrogen and oxygen atoms in total. The number of hydrogen-bond donors (Lipinski definition) is 1. The van der Waals surface area contributed by atoms with E-state index in [9.17, 15) is 4.79 Å². The van der Waals surface area contributed by atoms with Gasteiger partial charge in [-0.25, -0.2) is 4.68 Å². The molecule has 30 heavy (non-hydrogen) atoms. The molecule has 2 aromatic carbocycles. The summed E-state index contributed by atoms with van der Waals surface area (Å²) in [4.78, 5) is 14.8. The van der Waals surface area contributed by atoms with Gasteiger partial charge in [-0.3, -0.25) is 4.79 Å². The smallest absolute Gasteiger partial charge is 0.236 e. The zero-order valence-corrected chi connectivity index (χ0v) is 18.3. The van der Waals surface area contributed by atoms with Crippen LogP contribution in [0.4, 0.5) is 0 Å². The van der Waals surface area contributed by atoms with E-state index in [0.717, 1.165) is 5.56 Å². The molecule has 158 valence electrons. The summed E-state index contributed by atoms with van der Waals surface area (Å²) in [5.41, 5.74) is 1.14. The lowest BCUT2D eigenvalue weighted by atomic mass is 10.0. The van der Waals surface area contributed by atoms with Crippen molar-refractivity contribution in [3.05, 3.63) is 53.9 Å². The van der Waals surface area contributed by atoms with Crippen LogP contribution in [0.2, 0.25) is 0 Å². The van der Waals surface area contributed by atoms with E-state index in [1.807, 2.05) is 43.9 Å². The molecular weight excluding hydrogens is 398 g/mol. The lowest BCUT2D eigenvalue weighted by Crippen LogP contribution is -2.50. The second-order valence-electron chi connectivity index (χ2n) is 7.84. The van der Waals surface area contributed by atoms with E-state index in [2.05, 4.69) is 34.5 Å². The molecule has 8 heteroatoms. The number of aromatic nitrogens is 3. The molecule has 2 N–H and O–H groups in total. The van der Waals surface area contributed by atoms with Gasteiger partial charge >= 0.3 is 0 Å². The molecule has 0 aliphatic carbocycles. The van der Waals surface area contributed by atoms with Gasteiger partial charge in [-0.2, -0.15) is 0 Å². The highest BCUT2D eigenvalue weighted by atomic mass is 32.2. The van der Waals surface area contributed by atoms with Crippen LogP contribution in [-0.4, -0.2) is 56.2 Å². The highest BCUT2D eigenvalue weighted by Gasteiger charge is 2.30. The van der Waals surface area contributed by atoms with Gasteiger partial charge in [0.15, 0.2) is 5.82 Å². The second kappa shape index (κ2) is 8.65. The molecule has 1 aliphatic rings. The maximum Gasteiger partial charge on any atom is 0.236 e. The number of thioether (sulfide) groups is 1.